The highest BCUT2D eigenvalue weighted by Crippen LogP contribution is 2.35. The van der Waals surface area contributed by atoms with Gasteiger partial charge in [-0.15, -0.1) is 0 Å². The van der Waals surface area contributed by atoms with Crippen molar-refractivity contribution in [1.29, 1.82) is 0 Å². The van der Waals surface area contributed by atoms with Crippen LogP contribution >= 0.6 is 0 Å². The molecule has 4 nitrogen and oxygen atoms in total. The van der Waals surface area contributed by atoms with Crippen molar-refractivity contribution in [1.82, 2.24) is 0 Å². The summed E-state index contributed by atoms with van der Waals surface area (Å²) >= 11 is 0. The lowest BCUT2D eigenvalue weighted by atomic mass is 9.97. The van der Waals surface area contributed by atoms with Crippen molar-refractivity contribution in [2.75, 3.05) is 0 Å². The van der Waals surface area contributed by atoms with E-state index in [0.717, 1.165) is 5.57 Å². The van der Waals surface area contributed by atoms with Gasteiger partial charge >= 0.3 is 11.9 Å². The summed E-state index contributed by atoms with van der Waals surface area (Å²) in [4.78, 5) is 21.1. The van der Waals surface area contributed by atoms with Gasteiger partial charge in [-0.05, 0) is 12.8 Å². The fourth-order valence-electron chi connectivity index (χ4n) is 1.51. The molecule has 1 aliphatic carbocycles. The van der Waals surface area contributed by atoms with Crippen LogP contribution in [0.15, 0.2) is 12.2 Å². The Hall–Kier alpha value is -1.32. The molecule has 0 heterocycles. The highest BCUT2D eigenvalue weighted by Gasteiger charge is 2.39. The van der Waals surface area contributed by atoms with E-state index in [9.17, 15) is 9.59 Å². The fraction of sp³-hybridized carbons (Fsp3) is 0.500. The summed E-state index contributed by atoms with van der Waals surface area (Å²) in [6, 6.07) is 0. The van der Waals surface area contributed by atoms with Gasteiger partial charge in [-0.2, -0.15) is 0 Å². The zero-order valence-corrected chi connectivity index (χ0v) is 6.49. The molecular formula is C8H10O4. The van der Waals surface area contributed by atoms with Crippen LogP contribution in [0.4, 0.5) is 0 Å². The Balaban J connectivity index is 2.79. The molecule has 66 valence electrons. The Morgan fingerprint density at radius 1 is 1.17 bits per heavy atom. The van der Waals surface area contributed by atoms with Crippen molar-refractivity contribution in [3.8, 4) is 0 Å². The Morgan fingerprint density at radius 2 is 1.50 bits per heavy atom. The number of hydrogen-bond acceptors (Lipinski definition) is 2. The maximum Gasteiger partial charge on any atom is 0.307 e. The molecule has 0 aromatic carbocycles. The third-order valence-corrected chi connectivity index (χ3v) is 2.14. The molecule has 0 aromatic rings. The highest BCUT2D eigenvalue weighted by atomic mass is 16.4. The minimum Gasteiger partial charge on any atom is -0.481 e. The Morgan fingerprint density at radius 3 is 1.75 bits per heavy atom. The van der Waals surface area contributed by atoms with E-state index in [1.807, 2.05) is 0 Å². The normalized spacial score (nSPS) is 28.8. The van der Waals surface area contributed by atoms with Crippen LogP contribution < -0.4 is 0 Å². The molecule has 1 unspecified atom stereocenters. The minimum absolute atomic E-state index is 0.298. The number of carbonyl (C=O) groups is 2. The minimum atomic E-state index is -1.04. The summed E-state index contributed by atoms with van der Waals surface area (Å²) < 4.78 is 0. The quantitative estimate of drug-likeness (QED) is 0.599. The van der Waals surface area contributed by atoms with Crippen molar-refractivity contribution >= 4 is 11.9 Å². The van der Waals surface area contributed by atoms with Crippen molar-refractivity contribution in [2.45, 2.75) is 12.8 Å². The summed E-state index contributed by atoms with van der Waals surface area (Å²) in [7, 11) is 0. The topological polar surface area (TPSA) is 74.6 Å². The van der Waals surface area contributed by atoms with E-state index in [1.165, 1.54) is 0 Å². The van der Waals surface area contributed by atoms with Gasteiger partial charge in [-0.3, -0.25) is 9.59 Å². The molecule has 4 heteroatoms. The van der Waals surface area contributed by atoms with Crippen molar-refractivity contribution < 1.29 is 19.8 Å². The predicted molar refractivity (Wildman–Crippen MR) is 40.6 cm³/mol. The molecule has 0 spiro atoms. The first-order valence-corrected chi connectivity index (χ1v) is 3.64. The lowest BCUT2D eigenvalue weighted by Crippen LogP contribution is -2.24. The molecule has 12 heavy (non-hydrogen) atoms. The largest absolute Gasteiger partial charge is 0.481 e. The zero-order valence-electron chi connectivity index (χ0n) is 6.49. The summed E-state index contributed by atoms with van der Waals surface area (Å²) in [6.45, 7) is 3.59. The number of hydrogen-bond donors (Lipinski definition) is 2. The molecule has 0 aliphatic heterocycles. The van der Waals surface area contributed by atoms with Crippen molar-refractivity contribution in [2.24, 2.45) is 11.8 Å². The van der Waals surface area contributed by atoms with E-state index in [1.54, 1.807) is 0 Å². The van der Waals surface area contributed by atoms with Gasteiger partial charge in [0.05, 0.1) is 11.8 Å². The molecule has 1 aliphatic rings. The lowest BCUT2D eigenvalue weighted by molar-refractivity contribution is -0.152. The van der Waals surface area contributed by atoms with Crippen LogP contribution in [-0.4, -0.2) is 22.2 Å². The molecule has 0 radical (unpaired) electrons. The smallest absolute Gasteiger partial charge is 0.307 e. The van der Waals surface area contributed by atoms with E-state index >= 15 is 0 Å². The van der Waals surface area contributed by atoms with Gasteiger partial charge < -0.3 is 10.2 Å². The summed E-state index contributed by atoms with van der Waals surface area (Å²) in [5.41, 5.74) is 0.717. The van der Waals surface area contributed by atoms with Crippen LogP contribution in [-0.2, 0) is 9.59 Å². The van der Waals surface area contributed by atoms with Crippen molar-refractivity contribution in [3.63, 3.8) is 0 Å². The molecular weight excluding hydrogens is 160 g/mol. The SMILES string of the molecule is C=C1CC(C(=O)O)[C@H](C(=O)O)C1. The second-order valence-corrected chi connectivity index (χ2v) is 3.05. The number of carboxylic acids is 2. The first kappa shape index (κ1) is 8.77. The van der Waals surface area contributed by atoms with Crippen molar-refractivity contribution in [3.05, 3.63) is 12.2 Å². The summed E-state index contributed by atoms with van der Waals surface area (Å²) in [5, 5.41) is 17.3. The molecule has 1 saturated carbocycles. The predicted octanol–water partition coefficient (Wildman–Crippen LogP) is 0.738. The number of rotatable bonds is 2. The molecule has 1 rings (SSSR count). The average Bonchev–Trinajstić information content (AvgIpc) is 2.31. The molecule has 2 N–H and O–H groups in total. The molecule has 1 fully saturated rings. The van der Waals surface area contributed by atoms with Crippen LogP contribution in [0.25, 0.3) is 0 Å². The standard InChI is InChI=1S/C8H10O4/c1-4-2-5(7(9)10)6(3-4)8(11)12/h5-6H,1-3H2,(H,9,10)(H,11,12)/t5-,6?/m1/s1. The maximum absolute atomic E-state index is 10.6. The van der Waals surface area contributed by atoms with Gasteiger partial charge in [-0.25, -0.2) is 0 Å². The Bertz CT molecular complexity index is 219. The van der Waals surface area contributed by atoms with Crippen LogP contribution in [0, 0.1) is 11.8 Å². The fourth-order valence-corrected chi connectivity index (χ4v) is 1.51. The molecule has 0 saturated heterocycles. The molecule has 0 amide bonds. The second-order valence-electron chi connectivity index (χ2n) is 3.05. The van der Waals surface area contributed by atoms with Gasteiger partial charge in [0.2, 0.25) is 0 Å². The van der Waals surface area contributed by atoms with Crippen LogP contribution in [0.1, 0.15) is 12.8 Å². The average molecular weight is 170 g/mol. The number of allylic oxidation sites excluding steroid dienone is 1. The van der Waals surface area contributed by atoms with E-state index in [0.29, 0.717) is 12.8 Å². The molecule has 0 bridgehead atoms. The van der Waals surface area contributed by atoms with Gasteiger partial charge in [0.1, 0.15) is 0 Å². The second kappa shape index (κ2) is 2.97. The maximum atomic E-state index is 10.6. The van der Waals surface area contributed by atoms with Gasteiger partial charge in [0, 0.05) is 0 Å². The first-order valence-electron chi connectivity index (χ1n) is 3.64. The van der Waals surface area contributed by atoms with E-state index in [-0.39, 0.29) is 0 Å². The zero-order chi connectivity index (χ0) is 9.30. The summed E-state index contributed by atoms with van der Waals surface area (Å²) in [5.74, 6) is -3.65. The number of carboxylic acid groups (broad SMARTS) is 2. The Kier molecular flexibility index (Phi) is 2.17. The van der Waals surface area contributed by atoms with Gasteiger partial charge in [-0.1, -0.05) is 12.2 Å². The number of aliphatic carboxylic acids is 2. The van der Waals surface area contributed by atoms with E-state index < -0.39 is 23.8 Å². The van der Waals surface area contributed by atoms with E-state index in [4.69, 9.17) is 10.2 Å². The first-order chi connectivity index (χ1) is 5.52. The van der Waals surface area contributed by atoms with Crippen LogP contribution in [0.3, 0.4) is 0 Å². The highest BCUT2D eigenvalue weighted by molar-refractivity contribution is 5.81. The van der Waals surface area contributed by atoms with E-state index in [2.05, 4.69) is 6.58 Å². The van der Waals surface area contributed by atoms with Crippen LogP contribution in [0.5, 0.6) is 0 Å². The molecule has 2 atom stereocenters. The van der Waals surface area contributed by atoms with Gasteiger partial charge in [0.25, 0.3) is 0 Å². The lowest BCUT2D eigenvalue weighted by Gasteiger charge is -2.08. The monoisotopic (exact) mass is 170 g/mol. The third-order valence-electron chi connectivity index (χ3n) is 2.14. The molecule has 0 aromatic heterocycles. The van der Waals surface area contributed by atoms with Gasteiger partial charge in [0.15, 0.2) is 0 Å². The Labute approximate surface area is 69.5 Å². The van der Waals surface area contributed by atoms with Crippen LogP contribution in [0.2, 0.25) is 0 Å². The summed E-state index contributed by atoms with van der Waals surface area (Å²) in [6.07, 6.45) is 0.596. The third kappa shape index (κ3) is 1.47.